The maximum atomic E-state index is 12.3. The van der Waals surface area contributed by atoms with Gasteiger partial charge in [-0.15, -0.1) is 0 Å². The Morgan fingerprint density at radius 2 is 1.91 bits per heavy atom. The number of ether oxygens (including phenoxy) is 3. The smallest absolute Gasteiger partial charge is 0.410 e. The third-order valence-corrected chi connectivity index (χ3v) is 3.99. The van der Waals surface area contributed by atoms with Gasteiger partial charge in [-0.25, -0.2) is 4.79 Å². The van der Waals surface area contributed by atoms with E-state index in [1.165, 1.54) is 19.1 Å². The van der Waals surface area contributed by atoms with Crippen molar-refractivity contribution in [1.82, 2.24) is 4.90 Å². The Morgan fingerprint density at radius 3 is 2.48 bits per heavy atom. The Labute approximate surface area is 134 Å². The van der Waals surface area contributed by atoms with Crippen LogP contribution in [0.2, 0.25) is 0 Å². The highest BCUT2D eigenvalue weighted by Crippen LogP contribution is 2.30. The van der Waals surface area contributed by atoms with E-state index in [9.17, 15) is 14.7 Å². The van der Waals surface area contributed by atoms with Crippen LogP contribution in [0, 0.1) is 5.92 Å². The van der Waals surface area contributed by atoms with E-state index in [-0.39, 0.29) is 26.1 Å². The summed E-state index contributed by atoms with van der Waals surface area (Å²) in [6.07, 6.45) is -0.407. The van der Waals surface area contributed by atoms with E-state index < -0.39 is 23.8 Å². The molecule has 1 saturated heterocycles. The van der Waals surface area contributed by atoms with Crippen LogP contribution in [-0.4, -0.2) is 55.2 Å². The molecule has 1 aromatic rings. The second-order valence-corrected chi connectivity index (χ2v) is 5.48. The van der Waals surface area contributed by atoms with Crippen molar-refractivity contribution in [3.8, 4) is 0 Å². The first-order valence-corrected chi connectivity index (χ1v) is 7.28. The molecule has 1 amide bonds. The molecular weight excluding hydrogens is 302 g/mol. The number of hydrogen-bond donors (Lipinski definition) is 1. The molecule has 2 rings (SSSR count). The van der Waals surface area contributed by atoms with E-state index in [1.807, 2.05) is 30.3 Å². The van der Waals surface area contributed by atoms with Gasteiger partial charge in [0.15, 0.2) is 5.79 Å². The summed E-state index contributed by atoms with van der Waals surface area (Å²) in [5, 5.41) is 9.28. The van der Waals surface area contributed by atoms with Gasteiger partial charge in [-0.1, -0.05) is 30.3 Å². The molecule has 0 saturated carbocycles. The van der Waals surface area contributed by atoms with Crippen molar-refractivity contribution in [2.45, 2.75) is 18.8 Å². The molecule has 0 aliphatic carbocycles. The third-order valence-electron chi connectivity index (χ3n) is 3.99. The molecule has 1 unspecified atom stereocenters. The molecule has 1 N–H and O–H groups in total. The van der Waals surface area contributed by atoms with Gasteiger partial charge in [0.05, 0.1) is 12.5 Å². The molecule has 0 aromatic heterocycles. The molecule has 1 aliphatic rings. The number of carboxylic acid groups (broad SMARTS) is 1. The van der Waals surface area contributed by atoms with Gasteiger partial charge in [0.1, 0.15) is 6.61 Å². The predicted octanol–water partition coefficient (Wildman–Crippen LogP) is 1.72. The van der Waals surface area contributed by atoms with Crippen molar-refractivity contribution in [2.75, 3.05) is 27.3 Å². The summed E-state index contributed by atoms with van der Waals surface area (Å²) in [5.74, 6) is -2.90. The molecule has 7 heteroatoms. The number of hydrogen-bond acceptors (Lipinski definition) is 5. The zero-order chi connectivity index (χ0) is 16.9. The van der Waals surface area contributed by atoms with Gasteiger partial charge < -0.3 is 24.2 Å². The molecule has 1 fully saturated rings. The summed E-state index contributed by atoms with van der Waals surface area (Å²) in [6, 6.07) is 9.27. The van der Waals surface area contributed by atoms with E-state index in [0.29, 0.717) is 0 Å². The third kappa shape index (κ3) is 4.20. The number of likely N-dealkylation sites (tertiary alicyclic amines) is 1. The Morgan fingerprint density at radius 1 is 1.26 bits per heavy atom. The number of benzene rings is 1. The fourth-order valence-corrected chi connectivity index (χ4v) is 2.62. The number of rotatable bonds is 5. The zero-order valence-electron chi connectivity index (χ0n) is 13.2. The van der Waals surface area contributed by atoms with Crippen molar-refractivity contribution < 1.29 is 28.9 Å². The van der Waals surface area contributed by atoms with Crippen LogP contribution >= 0.6 is 0 Å². The topological polar surface area (TPSA) is 85.3 Å². The van der Waals surface area contributed by atoms with Crippen molar-refractivity contribution >= 4 is 12.1 Å². The molecule has 1 heterocycles. The number of carbonyl (C=O) groups excluding carboxylic acids is 1. The van der Waals surface area contributed by atoms with E-state index in [4.69, 9.17) is 14.2 Å². The van der Waals surface area contributed by atoms with E-state index >= 15 is 0 Å². The molecule has 1 aliphatic heterocycles. The average Bonchev–Trinajstić information content (AvgIpc) is 2.59. The summed E-state index contributed by atoms with van der Waals surface area (Å²) in [5.41, 5.74) is 0.859. The maximum absolute atomic E-state index is 12.3. The highest BCUT2D eigenvalue weighted by atomic mass is 16.7. The number of methoxy groups -OCH3 is 2. The van der Waals surface area contributed by atoms with Gasteiger partial charge in [0.2, 0.25) is 0 Å². The summed E-state index contributed by atoms with van der Waals surface area (Å²) < 4.78 is 15.9. The molecule has 0 spiro atoms. The Kier molecular flexibility index (Phi) is 5.57. The normalized spacial score (nSPS) is 20.1. The number of nitrogens with zero attached hydrogens (tertiary/aromatic N) is 1. The predicted molar refractivity (Wildman–Crippen MR) is 80.7 cm³/mol. The fraction of sp³-hybridized carbons (Fsp3) is 0.500. The second kappa shape index (κ2) is 7.43. The fourth-order valence-electron chi connectivity index (χ4n) is 2.62. The SMILES string of the molecule is COC1(OC)CC(C(=O)O)CN(C(=O)OCc2ccccc2)C1. The Hall–Kier alpha value is -2.12. The number of carboxylic acids is 1. The highest BCUT2D eigenvalue weighted by Gasteiger charge is 2.45. The van der Waals surface area contributed by atoms with Crippen molar-refractivity contribution in [1.29, 1.82) is 0 Å². The van der Waals surface area contributed by atoms with Crippen LogP contribution < -0.4 is 0 Å². The monoisotopic (exact) mass is 323 g/mol. The summed E-state index contributed by atoms with van der Waals surface area (Å²) in [7, 11) is 2.86. The van der Waals surface area contributed by atoms with Crippen LogP contribution in [0.4, 0.5) is 4.79 Å². The van der Waals surface area contributed by atoms with E-state index in [1.54, 1.807) is 0 Å². The molecule has 0 bridgehead atoms. The molecule has 1 aromatic carbocycles. The lowest BCUT2D eigenvalue weighted by Crippen LogP contribution is -2.57. The van der Waals surface area contributed by atoms with Crippen LogP contribution in [0.15, 0.2) is 30.3 Å². The number of amides is 1. The first kappa shape index (κ1) is 17.2. The van der Waals surface area contributed by atoms with Crippen molar-refractivity contribution in [3.63, 3.8) is 0 Å². The van der Waals surface area contributed by atoms with Gasteiger partial charge in [-0.05, 0) is 5.56 Å². The van der Waals surface area contributed by atoms with Gasteiger partial charge >= 0.3 is 12.1 Å². The lowest BCUT2D eigenvalue weighted by atomic mass is 9.93. The Bertz CT molecular complexity index is 543. The molecule has 1 atom stereocenters. The number of aliphatic carboxylic acids is 1. The quantitative estimate of drug-likeness (QED) is 0.831. The van der Waals surface area contributed by atoms with Gasteiger partial charge in [0.25, 0.3) is 0 Å². The van der Waals surface area contributed by atoms with Crippen LogP contribution in [-0.2, 0) is 25.6 Å². The molecule has 0 radical (unpaired) electrons. The highest BCUT2D eigenvalue weighted by molar-refractivity contribution is 5.73. The van der Waals surface area contributed by atoms with E-state index in [2.05, 4.69) is 0 Å². The zero-order valence-corrected chi connectivity index (χ0v) is 13.2. The minimum Gasteiger partial charge on any atom is -0.481 e. The van der Waals surface area contributed by atoms with Gasteiger partial charge in [-0.3, -0.25) is 4.79 Å². The standard InChI is InChI=1S/C16H21NO6/c1-21-16(22-2)8-13(14(18)19)9-17(11-16)15(20)23-10-12-6-4-3-5-7-12/h3-7,13H,8-11H2,1-2H3,(H,18,19). The summed E-state index contributed by atoms with van der Waals surface area (Å²) >= 11 is 0. The Balaban J connectivity index is 2.04. The molecule has 7 nitrogen and oxygen atoms in total. The van der Waals surface area contributed by atoms with E-state index in [0.717, 1.165) is 5.56 Å². The summed E-state index contributed by atoms with van der Waals surface area (Å²) in [6.45, 7) is 0.315. The van der Waals surface area contributed by atoms with Crippen molar-refractivity contribution in [2.24, 2.45) is 5.92 Å². The number of carbonyl (C=O) groups is 2. The second-order valence-electron chi connectivity index (χ2n) is 5.48. The van der Waals surface area contributed by atoms with Crippen LogP contribution in [0.25, 0.3) is 0 Å². The first-order chi connectivity index (χ1) is 11.0. The van der Waals surface area contributed by atoms with Gasteiger partial charge in [-0.2, -0.15) is 0 Å². The minimum absolute atomic E-state index is 0.0669. The molecule has 23 heavy (non-hydrogen) atoms. The molecule has 126 valence electrons. The average molecular weight is 323 g/mol. The van der Waals surface area contributed by atoms with Crippen molar-refractivity contribution in [3.05, 3.63) is 35.9 Å². The van der Waals surface area contributed by atoms with Gasteiger partial charge in [0, 0.05) is 27.2 Å². The van der Waals surface area contributed by atoms with Crippen LogP contribution in [0.1, 0.15) is 12.0 Å². The summed E-state index contributed by atoms with van der Waals surface area (Å²) in [4.78, 5) is 24.9. The largest absolute Gasteiger partial charge is 0.481 e. The van der Waals surface area contributed by atoms with Crippen LogP contribution in [0.3, 0.4) is 0 Å². The lowest BCUT2D eigenvalue weighted by Gasteiger charge is -2.42. The maximum Gasteiger partial charge on any atom is 0.410 e. The molecular formula is C16H21NO6. The lowest BCUT2D eigenvalue weighted by molar-refractivity contribution is -0.239. The van der Waals surface area contributed by atoms with Crippen LogP contribution in [0.5, 0.6) is 0 Å². The number of piperidine rings is 1. The first-order valence-electron chi connectivity index (χ1n) is 7.28. The minimum atomic E-state index is -1.13.